The van der Waals surface area contributed by atoms with E-state index in [-0.39, 0.29) is 35.1 Å². The zero-order valence-electron chi connectivity index (χ0n) is 16.3. The van der Waals surface area contributed by atoms with Gasteiger partial charge < -0.3 is 14.2 Å². The van der Waals surface area contributed by atoms with Crippen molar-refractivity contribution in [2.24, 2.45) is 28.6 Å². The van der Waals surface area contributed by atoms with Crippen molar-refractivity contribution >= 4 is 5.97 Å². The summed E-state index contributed by atoms with van der Waals surface area (Å²) in [5, 5.41) is 0. The van der Waals surface area contributed by atoms with Crippen molar-refractivity contribution in [3.63, 3.8) is 0 Å². The summed E-state index contributed by atoms with van der Waals surface area (Å²) >= 11 is 0. The first-order valence-electron chi connectivity index (χ1n) is 10.1. The van der Waals surface area contributed by atoms with E-state index in [0.29, 0.717) is 11.8 Å². The van der Waals surface area contributed by atoms with Gasteiger partial charge in [-0.2, -0.15) is 0 Å². The van der Waals surface area contributed by atoms with Crippen LogP contribution in [0.5, 0.6) is 0 Å². The van der Waals surface area contributed by atoms with Crippen LogP contribution in [0.15, 0.2) is 24.8 Å². The Hall–Kier alpha value is -1.13. The van der Waals surface area contributed by atoms with E-state index in [1.54, 1.807) is 0 Å². The Bertz CT molecular complexity index is 628. The second-order valence-electron chi connectivity index (χ2n) is 9.25. The highest BCUT2D eigenvalue weighted by Crippen LogP contribution is 2.71. The van der Waals surface area contributed by atoms with Crippen LogP contribution in [0.3, 0.4) is 0 Å². The van der Waals surface area contributed by atoms with Crippen molar-refractivity contribution in [1.82, 2.24) is 0 Å². The van der Waals surface area contributed by atoms with E-state index in [4.69, 9.17) is 14.2 Å². The highest BCUT2D eigenvalue weighted by Gasteiger charge is 2.72. The van der Waals surface area contributed by atoms with Crippen LogP contribution in [-0.2, 0) is 19.0 Å². The molecule has 2 saturated carbocycles. The number of esters is 1. The number of hydrogen-bond donors (Lipinski definition) is 0. The summed E-state index contributed by atoms with van der Waals surface area (Å²) in [4.78, 5) is 11.6. The first-order chi connectivity index (χ1) is 12.3. The highest BCUT2D eigenvalue weighted by molar-refractivity contribution is 5.66. The van der Waals surface area contributed by atoms with Gasteiger partial charge in [-0.25, -0.2) is 0 Å². The zero-order valence-corrected chi connectivity index (χ0v) is 16.3. The van der Waals surface area contributed by atoms with Gasteiger partial charge in [-0.15, -0.1) is 0 Å². The van der Waals surface area contributed by atoms with Gasteiger partial charge in [-0.3, -0.25) is 4.79 Å². The minimum Gasteiger partial charge on any atom is -0.436 e. The van der Waals surface area contributed by atoms with Crippen LogP contribution >= 0.6 is 0 Å². The third-order valence-electron chi connectivity index (χ3n) is 8.18. The monoisotopic (exact) mass is 360 g/mol. The molecule has 0 N–H and O–H groups in total. The van der Waals surface area contributed by atoms with Crippen LogP contribution in [-0.4, -0.2) is 24.7 Å². The number of hydrogen-bond acceptors (Lipinski definition) is 4. The number of carbonyl (C=O) groups is 1. The maximum atomic E-state index is 11.6. The molecule has 5 fully saturated rings. The predicted octanol–water partition coefficient (Wildman–Crippen LogP) is 4.60. The Balaban J connectivity index is 1.66. The predicted molar refractivity (Wildman–Crippen MR) is 99.0 cm³/mol. The smallest absolute Gasteiger partial charge is 0.304 e. The van der Waals surface area contributed by atoms with E-state index < -0.39 is 6.29 Å². The van der Waals surface area contributed by atoms with Gasteiger partial charge in [0, 0.05) is 18.3 Å². The Morgan fingerprint density at radius 2 is 2.12 bits per heavy atom. The summed E-state index contributed by atoms with van der Waals surface area (Å²) in [7, 11) is 0. The fourth-order valence-corrected chi connectivity index (χ4v) is 6.56. The molecule has 0 amide bonds. The van der Waals surface area contributed by atoms with Gasteiger partial charge in [0.2, 0.25) is 6.29 Å². The Kier molecular flexibility index (Phi) is 4.35. The molecule has 5 rings (SSSR count). The average Bonchev–Trinajstić information content (AvgIpc) is 2.79. The molecule has 3 heterocycles. The maximum Gasteiger partial charge on any atom is 0.304 e. The van der Waals surface area contributed by atoms with Crippen molar-refractivity contribution in [1.29, 1.82) is 0 Å². The fraction of sp³-hybridized carbons (Fsp3) is 0.773. The van der Waals surface area contributed by atoms with E-state index in [1.165, 1.54) is 13.3 Å². The summed E-state index contributed by atoms with van der Waals surface area (Å²) in [6.07, 6.45) is 7.90. The maximum absolute atomic E-state index is 11.6. The first kappa shape index (κ1) is 18.2. The summed E-state index contributed by atoms with van der Waals surface area (Å²) in [6, 6.07) is 0. The van der Waals surface area contributed by atoms with Crippen LogP contribution in [0.1, 0.15) is 59.3 Å². The average molecular weight is 360 g/mol. The quantitative estimate of drug-likeness (QED) is 0.531. The lowest BCUT2D eigenvalue weighted by Gasteiger charge is -2.64. The van der Waals surface area contributed by atoms with Crippen molar-refractivity contribution in [3.05, 3.63) is 24.8 Å². The summed E-state index contributed by atoms with van der Waals surface area (Å²) < 4.78 is 18.0. The molecule has 0 aromatic carbocycles. The minimum absolute atomic E-state index is 0.00829. The largest absolute Gasteiger partial charge is 0.436 e. The SMILES string of the molecule is C=CC(=C)CCC1(C)C(C)CCC23C4OC(CC2C(OC(C)=O)O4)CC13. The molecule has 0 aromatic heterocycles. The van der Waals surface area contributed by atoms with E-state index in [1.807, 2.05) is 6.08 Å². The second kappa shape index (κ2) is 6.20. The normalized spacial score (nSPS) is 48.7. The van der Waals surface area contributed by atoms with Gasteiger partial charge in [-0.1, -0.05) is 38.7 Å². The lowest BCUT2D eigenvalue weighted by molar-refractivity contribution is -0.304. The molecule has 2 aliphatic carbocycles. The number of carbonyl (C=O) groups excluding carboxylic acids is 1. The highest BCUT2D eigenvalue weighted by atomic mass is 16.8. The van der Waals surface area contributed by atoms with Crippen molar-refractivity contribution < 1.29 is 19.0 Å². The summed E-state index contributed by atoms with van der Waals surface area (Å²) in [5.74, 6) is 1.20. The third kappa shape index (κ3) is 2.45. The molecule has 8 unspecified atom stereocenters. The topological polar surface area (TPSA) is 44.8 Å². The molecule has 144 valence electrons. The van der Waals surface area contributed by atoms with Gasteiger partial charge in [-0.05, 0) is 55.8 Å². The molecule has 8 atom stereocenters. The molecular formula is C22H32O4. The molecule has 4 nitrogen and oxygen atoms in total. The van der Waals surface area contributed by atoms with Crippen molar-refractivity contribution in [3.8, 4) is 0 Å². The van der Waals surface area contributed by atoms with Gasteiger partial charge in [0.1, 0.15) is 0 Å². The first-order valence-corrected chi connectivity index (χ1v) is 10.1. The molecule has 26 heavy (non-hydrogen) atoms. The van der Waals surface area contributed by atoms with Crippen LogP contribution in [0.4, 0.5) is 0 Å². The minimum atomic E-state index is -0.439. The lowest BCUT2D eigenvalue weighted by atomic mass is 9.43. The van der Waals surface area contributed by atoms with Gasteiger partial charge in [0.15, 0.2) is 6.29 Å². The van der Waals surface area contributed by atoms with Gasteiger partial charge >= 0.3 is 5.97 Å². The summed E-state index contributed by atoms with van der Waals surface area (Å²) in [6.45, 7) is 14.3. The Morgan fingerprint density at radius 1 is 1.35 bits per heavy atom. The van der Waals surface area contributed by atoms with Crippen LogP contribution in [0.25, 0.3) is 0 Å². The number of allylic oxidation sites excluding steroid dienone is 2. The van der Waals surface area contributed by atoms with E-state index in [2.05, 4.69) is 27.0 Å². The third-order valence-corrected chi connectivity index (χ3v) is 8.18. The Morgan fingerprint density at radius 3 is 2.81 bits per heavy atom. The van der Waals surface area contributed by atoms with Crippen LogP contribution in [0.2, 0.25) is 0 Å². The molecule has 3 aliphatic heterocycles. The number of ether oxygens (including phenoxy) is 3. The summed E-state index contributed by atoms with van der Waals surface area (Å²) in [5.41, 5.74) is 1.33. The molecule has 4 heteroatoms. The van der Waals surface area contributed by atoms with Crippen LogP contribution < -0.4 is 0 Å². The van der Waals surface area contributed by atoms with Crippen molar-refractivity contribution in [2.75, 3.05) is 0 Å². The van der Waals surface area contributed by atoms with E-state index in [9.17, 15) is 4.79 Å². The van der Waals surface area contributed by atoms with E-state index >= 15 is 0 Å². The van der Waals surface area contributed by atoms with E-state index in [0.717, 1.165) is 37.7 Å². The lowest BCUT2D eigenvalue weighted by Crippen LogP contribution is -2.64. The van der Waals surface area contributed by atoms with Crippen LogP contribution in [0, 0.1) is 28.6 Å². The zero-order chi connectivity index (χ0) is 18.7. The molecule has 1 spiro atoms. The fourth-order valence-electron chi connectivity index (χ4n) is 6.56. The molecular weight excluding hydrogens is 328 g/mol. The molecule has 4 bridgehead atoms. The Labute approximate surface area is 157 Å². The van der Waals surface area contributed by atoms with Crippen molar-refractivity contribution in [2.45, 2.75) is 78.0 Å². The molecule has 3 saturated heterocycles. The molecule has 0 aromatic rings. The van der Waals surface area contributed by atoms with Gasteiger partial charge in [0.05, 0.1) is 6.10 Å². The second-order valence-corrected chi connectivity index (χ2v) is 9.25. The molecule has 5 aliphatic rings. The standard InChI is InChI=1S/C22H32O4/c1-6-13(2)7-9-21(5)14(3)8-10-22-17-11-16(12-18(21)22)25-20(22)26-19(17)24-15(4)23/h6,14,16-20H,1-2,7-12H2,3-5H3. The number of rotatable bonds is 5. The van der Waals surface area contributed by atoms with Gasteiger partial charge in [0.25, 0.3) is 0 Å². The molecule has 0 radical (unpaired) electrons.